The van der Waals surface area contributed by atoms with Crippen molar-refractivity contribution in [1.82, 2.24) is 14.8 Å². The largest absolute Gasteiger partial charge is 0.497 e. The second-order valence-corrected chi connectivity index (χ2v) is 8.61. The van der Waals surface area contributed by atoms with E-state index >= 15 is 0 Å². The van der Waals surface area contributed by atoms with Gasteiger partial charge in [0.25, 0.3) is 0 Å². The molecule has 4 rings (SSSR count). The molecule has 0 bridgehead atoms. The third kappa shape index (κ3) is 4.49. The van der Waals surface area contributed by atoms with E-state index in [2.05, 4.69) is 17.1 Å². The minimum Gasteiger partial charge on any atom is -0.497 e. The number of nitrogens with zero attached hydrogens (tertiary/aromatic N) is 2. The molecule has 32 heavy (non-hydrogen) atoms. The Morgan fingerprint density at radius 3 is 2.28 bits per heavy atom. The van der Waals surface area contributed by atoms with Crippen LogP contribution in [0, 0.1) is 5.92 Å². The Labute approximate surface area is 189 Å². The number of aromatic amines is 1. The molecule has 2 amide bonds. The van der Waals surface area contributed by atoms with Gasteiger partial charge in [0, 0.05) is 55.1 Å². The summed E-state index contributed by atoms with van der Waals surface area (Å²) in [6, 6.07) is 16.2. The quantitative estimate of drug-likeness (QED) is 0.636. The van der Waals surface area contributed by atoms with Crippen LogP contribution >= 0.6 is 0 Å². The molecule has 168 valence electrons. The van der Waals surface area contributed by atoms with Crippen molar-refractivity contribution >= 4 is 22.7 Å². The Morgan fingerprint density at radius 2 is 1.62 bits per heavy atom. The number of carbonyl (C=O) groups is 2. The van der Waals surface area contributed by atoms with E-state index in [4.69, 9.17) is 4.74 Å². The summed E-state index contributed by atoms with van der Waals surface area (Å²) in [7, 11) is 1.66. The predicted molar refractivity (Wildman–Crippen MR) is 127 cm³/mol. The van der Waals surface area contributed by atoms with Crippen molar-refractivity contribution in [2.45, 2.75) is 26.7 Å². The highest BCUT2D eigenvalue weighted by atomic mass is 16.5. The van der Waals surface area contributed by atoms with Crippen molar-refractivity contribution in [2.24, 2.45) is 5.92 Å². The summed E-state index contributed by atoms with van der Waals surface area (Å²) in [6.07, 6.45) is 1.11. The van der Waals surface area contributed by atoms with Gasteiger partial charge in [0.2, 0.25) is 11.8 Å². The topological polar surface area (TPSA) is 65.6 Å². The van der Waals surface area contributed by atoms with E-state index in [1.807, 2.05) is 60.0 Å². The molecule has 6 heteroatoms. The molecule has 1 fully saturated rings. The fourth-order valence-corrected chi connectivity index (χ4v) is 4.40. The van der Waals surface area contributed by atoms with Crippen molar-refractivity contribution in [3.63, 3.8) is 0 Å². The number of carbonyl (C=O) groups excluding carboxylic acids is 2. The number of aryl methyl sites for hydroxylation is 1. The van der Waals surface area contributed by atoms with Gasteiger partial charge in [0.05, 0.1) is 7.11 Å². The molecule has 2 aromatic carbocycles. The first-order valence-electron chi connectivity index (χ1n) is 11.3. The van der Waals surface area contributed by atoms with E-state index in [0.717, 1.165) is 33.5 Å². The summed E-state index contributed by atoms with van der Waals surface area (Å²) in [5.74, 6) is 1.12. The van der Waals surface area contributed by atoms with Crippen molar-refractivity contribution < 1.29 is 14.3 Å². The fourth-order valence-electron chi connectivity index (χ4n) is 4.40. The van der Waals surface area contributed by atoms with Crippen LogP contribution in [0.1, 0.15) is 25.8 Å². The molecule has 6 nitrogen and oxygen atoms in total. The number of hydrogen-bond acceptors (Lipinski definition) is 3. The minimum absolute atomic E-state index is 0.00417. The normalized spacial score (nSPS) is 14.2. The predicted octanol–water partition coefficient (Wildman–Crippen LogP) is 4.10. The fraction of sp³-hybridized carbons (Fsp3) is 0.385. The van der Waals surface area contributed by atoms with Crippen LogP contribution in [0.3, 0.4) is 0 Å². The number of nitrogens with one attached hydrogen (secondary N) is 1. The number of methoxy groups -OCH3 is 1. The number of aromatic nitrogens is 1. The van der Waals surface area contributed by atoms with E-state index in [-0.39, 0.29) is 17.7 Å². The SMILES string of the molecule is COc1ccc(-c2[nH]c3ccccc3c2CCC(=O)N2CCN(C(=O)C(C)C)CC2)cc1. The molecular formula is C26H31N3O3. The van der Waals surface area contributed by atoms with Gasteiger partial charge in [-0.3, -0.25) is 9.59 Å². The number of para-hydroxylation sites is 1. The summed E-state index contributed by atoms with van der Waals surface area (Å²) in [5, 5.41) is 1.15. The molecule has 2 heterocycles. The molecule has 1 aliphatic rings. The van der Waals surface area contributed by atoms with Crippen molar-refractivity contribution in [3.05, 3.63) is 54.1 Å². The summed E-state index contributed by atoms with van der Waals surface area (Å²) in [4.78, 5) is 32.5. The number of hydrogen-bond donors (Lipinski definition) is 1. The van der Waals surface area contributed by atoms with Gasteiger partial charge in [-0.25, -0.2) is 0 Å². The lowest BCUT2D eigenvalue weighted by Gasteiger charge is -2.35. The van der Waals surface area contributed by atoms with Crippen LogP contribution in [0.2, 0.25) is 0 Å². The third-order valence-electron chi connectivity index (χ3n) is 6.22. The van der Waals surface area contributed by atoms with Gasteiger partial charge in [-0.2, -0.15) is 0 Å². The van der Waals surface area contributed by atoms with Gasteiger partial charge in [-0.15, -0.1) is 0 Å². The molecule has 0 saturated carbocycles. The molecule has 0 aliphatic carbocycles. The van der Waals surface area contributed by atoms with E-state index < -0.39 is 0 Å². The molecule has 0 atom stereocenters. The van der Waals surface area contributed by atoms with Crippen LogP contribution in [0.15, 0.2) is 48.5 Å². The standard InChI is InChI=1S/C26H31N3O3/c1-18(2)26(31)29-16-14-28(15-17-29)24(30)13-12-22-21-6-4-5-7-23(21)27-25(22)19-8-10-20(32-3)11-9-19/h4-11,18,27H,12-17H2,1-3H3. The van der Waals surface area contributed by atoms with E-state index in [1.165, 1.54) is 0 Å². The lowest BCUT2D eigenvalue weighted by Crippen LogP contribution is -2.51. The van der Waals surface area contributed by atoms with Gasteiger partial charge in [-0.05, 0) is 47.9 Å². The second-order valence-electron chi connectivity index (χ2n) is 8.61. The van der Waals surface area contributed by atoms with Crippen LogP contribution in [0.4, 0.5) is 0 Å². The first-order chi connectivity index (χ1) is 15.5. The highest BCUT2D eigenvalue weighted by Gasteiger charge is 2.25. The Morgan fingerprint density at radius 1 is 0.969 bits per heavy atom. The molecule has 1 N–H and O–H groups in total. The zero-order valence-corrected chi connectivity index (χ0v) is 19.1. The maximum atomic E-state index is 13.0. The van der Waals surface area contributed by atoms with Crippen LogP contribution in [0.5, 0.6) is 5.75 Å². The number of piperazine rings is 1. The van der Waals surface area contributed by atoms with Crippen LogP contribution in [0.25, 0.3) is 22.2 Å². The Kier molecular flexibility index (Phi) is 6.49. The molecule has 3 aromatic rings. The summed E-state index contributed by atoms with van der Waals surface area (Å²) < 4.78 is 5.29. The minimum atomic E-state index is -0.00417. The third-order valence-corrected chi connectivity index (χ3v) is 6.22. The maximum absolute atomic E-state index is 13.0. The first kappa shape index (κ1) is 21.9. The van der Waals surface area contributed by atoms with Gasteiger partial charge in [-0.1, -0.05) is 32.0 Å². The highest BCUT2D eigenvalue weighted by Crippen LogP contribution is 2.32. The number of fused-ring (bicyclic) bond motifs is 1. The zero-order valence-electron chi connectivity index (χ0n) is 19.1. The number of ether oxygens (including phenoxy) is 1. The first-order valence-corrected chi connectivity index (χ1v) is 11.3. The average molecular weight is 434 g/mol. The summed E-state index contributed by atoms with van der Waals surface area (Å²) in [5.41, 5.74) is 4.36. The molecular weight excluding hydrogens is 402 g/mol. The van der Waals surface area contributed by atoms with Crippen molar-refractivity contribution in [3.8, 4) is 17.0 Å². The molecule has 1 aliphatic heterocycles. The van der Waals surface area contributed by atoms with Crippen molar-refractivity contribution in [1.29, 1.82) is 0 Å². The van der Waals surface area contributed by atoms with Gasteiger partial charge in [0.15, 0.2) is 0 Å². The van der Waals surface area contributed by atoms with Crippen LogP contribution in [-0.2, 0) is 16.0 Å². The number of H-pyrrole nitrogens is 1. The highest BCUT2D eigenvalue weighted by molar-refractivity contribution is 5.91. The zero-order chi connectivity index (χ0) is 22.7. The van der Waals surface area contributed by atoms with Gasteiger partial charge >= 0.3 is 0 Å². The maximum Gasteiger partial charge on any atom is 0.225 e. The lowest BCUT2D eigenvalue weighted by atomic mass is 10.0. The van der Waals surface area contributed by atoms with E-state index in [0.29, 0.717) is 39.0 Å². The second kappa shape index (κ2) is 9.47. The smallest absolute Gasteiger partial charge is 0.225 e. The Hall–Kier alpha value is -3.28. The molecule has 0 spiro atoms. The monoisotopic (exact) mass is 433 g/mol. The molecule has 0 radical (unpaired) electrons. The molecule has 1 aromatic heterocycles. The number of amides is 2. The Bertz CT molecular complexity index is 1090. The number of rotatable bonds is 6. The van der Waals surface area contributed by atoms with E-state index in [9.17, 15) is 9.59 Å². The van der Waals surface area contributed by atoms with Crippen LogP contribution in [-0.4, -0.2) is 59.9 Å². The van der Waals surface area contributed by atoms with Gasteiger partial charge in [0.1, 0.15) is 5.75 Å². The van der Waals surface area contributed by atoms with Crippen LogP contribution < -0.4 is 4.74 Å². The van der Waals surface area contributed by atoms with E-state index in [1.54, 1.807) is 7.11 Å². The Balaban J connectivity index is 1.48. The molecule has 1 saturated heterocycles. The van der Waals surface area contributed by atoms with Gasteiger partial charge < -0.3 is 19.5 Å². The van der Waals surface area contributed by atoms with Crippen molar-refractivity contribution in [2.75, 3.05) is 33.3 Å². The summed E-state index contributed by atoms with van der Waals surface area (Å²) in [6.45, 7) is 6.29. The lowest BCUT2D eigenvalue weighted by molar-refractivity contribution is -0.141. The molecule has 0 unspecified atom stereocenters. The summed E-state index contributed by atoms with van der Waals surface area (Å²) >= 11 is 0. The average Bonchev–Trinajstić information content (AvgIpc) is 3.20. The number of benzene rings is 2.